The molecule has 0 amide bonds. The summed E-state index contributed by atoms with van der Waals surface area (Å²) in [6.45, 7) is 4.24. The van der Waals surface area contributed by atoms with E-state index >= 15 is 0 Å². The summed E-state index contributed by atoms with van der Waals surface area (Å²) < 4.78 is 46.2. The van der Waals surface area contributed by atoms with Crippen LogP contribution in [0.5, 0.6) is 6.01 Å². The van der Waals surface area contributed by atoms with Crippen LogP contribution in [0.25, 0.3) is 0 Å². The predicted octanol–water partition coefficient (Wildman–Crippen LogP) is 6.35. The molecule has 7 heteroatoms. The smallest absolute Gasteiger partial charge is 0.421 e. The number of rotatable bonds is 6. The largest absolute Gasteiger partial charge is 0.463 e. The number of halogens is 3. The molecule has 1 saturated carbocycles. The van der Waals surface area contributed by atoms with Crippen molar-refractivity contribution in [1.29, 1.82) is 0 Å². The summed E-state index contributed by atoms with van der Waals surface area (Å²) >= 11 is 0. The van der Waals surface area contributed by atoms with Crippen molar-refractivity contribution in [2.24, 2.45) is 5.92 Å². The maximum Gasteiger partial charge on any atom is 0.421 e. The van der Waals surface area contributed by atoms with Crippen molar-refractivity contribution in [3.8, 4) is 6.01 Å². The Labute approximate surface area is 170 Å². The van der Waals surface area contributed by atoms with Crippen molar-refractivity contribution in [2.45, 2.75) is 58.0 Å². The Hall–Kier alpha value is -2.31. The van der Waals surface area contributed by atoms with Gasteiger partial charge in [0.15, 0.2) is 5.82 Å². The summed E-state index contributed by atoms with van der Waals surface area (Å²) in [5, 5.41) is 0. The molecule has 29 heavy (non-hydrogen) atoms. The van der Waals surface area contributed by atoms with E-state index in [1.54, 1.807) is 7.05 Å². The molecule has 1 aliphatic carbocycles. The van der Waals surface area contributed by atoms with Gasteiger partial charge in [-0.25, -0.2) is 4.98 Å². The maximum atomic E-state index is 13.6. The molecule has 0 spiro atoms. The fraction of sp³-hybridized carbons (Fsp3) is 0.545. The van der Waals surface area contributed by atoms with Gasteiger partial charge in [-0.3, -0.25) is 0 Å². The second-order valence-corrected chi connectivity index (χ2v) is 8.08. The number of alkyl halides is 3. The Morgan fingerprint density at radius 1 is 1.17 bits per heavy atom. The lowest BCUT2D eigenvalue weighted by atomic mass is 9.84. The third kappa shape index (κ3) is 5.40. The molecule has 1 aromatic carbocycles. The molecule has 0 N–H and O–H groups in total. The number of ether oxygens (including phenoxy) is 1. The first-order valence-electron chi connectivity index (χ1n) is 10.2. The van der Waals surface area contributed by atoms with Crippen LogP contribution in [0.4, 0.5) is 24.7 Å². The molecule has 1 aromatic heterocycles. The van der Waals surface area contributed by atoms with Crippen LogP contribution in [0, 0.1) is 5.92 Å². The second kappa shape index (κ2) is 9.01. The minimum atomic E-state index is -4.55. The van der Waals surface area contributed by atoms with E-state index in [1.807, 2.05) is 32.0 Å². The van der Waals surface area contributed by atoms with Crippen LogP contribution < -0.4 is 9.64 Å². The van der Waals surface area contributed by atoms with E-state index in [9.17, 15) is 13.2 Å². The van der Waals surface area contributed by atoms with Gasteiger partial charge < -0.3 is 9.64 Å². The molecule has 0 aliphatic heterocycles. The van der Waals surface area contributed by atoms with Crippen molar-refractivity contribution in [1.82, 2.24) is 9.97 Å². The summed E-state index contributed by atoms with van der Waals surface area (Å²) in [7, 11) is 1.60. The zero-order valence-corrected chi connectivity index (χ0v) is 17.2. The van der Waals surface area contributed by atoms with Crippen molar-refractivity contribution < 1.29 is 17.9 Å². The van der Waals surface area contributed by atoms with E-state index in [0.29, 0.717) is 18.2 Å². The van der Waals surface area contributed by atoms with E-state index in [0.717, 1.165) is 19.0 Å². The van der Waals surface area contributed by atoms with Crippen molar-refractivity contribution in [3.63, 3.8) is 0 Å². The SMILES string of the molecule is CC(C)COc1ncc(C(F)(F)F)c(N(C)c2cccc(C3CCCCC3)c2)n1. The fourth-order valence-electron chi connectivity index (χ4n) is 3.67. The quantitative estimate of drug-likeness (QED) is 0.560. The lowest BCUT2D eigenvalue weighted by Gasteiger charge is -2.26. The predicted molar refractivity (Wildman–Crippen MR) is 108 cm³/mol. The topological polar surface area (TPSA) is 38.2 Å². The van der Waals surface area contributed by atoms with Crippen LogP contribution in [-0.4, -0.2) is 23.6 Å². The molecular formula is C22H28F3N3O. The minimum Gasteiger partial charge on any atom is -0.463 e. The standard InChI is InChI=1S/C22H28F3N3O/c1-15(2)14-29-21-26-13-19(22(23,24)25)20(27-21)28(3)18-11-7-10-17(12-18)16-8-5-4-6-9-16/h7,10-13,15-16H,4-6,8-9,14H2,1-3H3. The summed E-state index contributed by atoms with van der Waals surface area (Å²) in [5.41, 5.74) is 0.972. The van der Waals surface area contributed by atoms with Gasteiger partial charge >= 0.3 is 12.2 Å². The molecule has 0 radical (unpaired) electrons. The number of aromatic nitrogens is 2. The highest BCUT2D eigenvalue weighted by Crippen LogP contribution is 2.39. The highest BCUT2D eigenvalue weighted by Gasteiger charge is 2.37. The van der Waals surface area contributed by atoms with Gasteiger partial charge in [0, 0.05) is 18.9 Å². The minimum absolute atomic E-state index is 0.0445. The fourth-order valence-corrected chi connectivity index (χ4v) is 3.67. The van der Waals surface area contributed by atoms with Gasteiger partial charge in [0.1, 0.15) is 5.56 Å². The average molecular weight is 407 g/mol. The van der Waals surface area contributed by atoms with Gasteiger partial charge in [-0.2, -0.15) is 18.2 Å². The number of hydrogen-bond acceptors (Lipinski definition) is 4. The summed E-state index contributed by atoms with van der Waals surface area (Å²) in [6, 6.07) is 7.71. The molecule has 0 atom stereocenters. The van der Waals surface area contributed by atoms with Crippen molar-refractivity contribution in [3.05, 3.63) is 41.6 Å². The molecule has 0 unspecified atom stereocenters. The summed E-state index contributed by atoms with van der Waals surface area (Å²) in [5.74, 6) is 0.482. The molecule has 0 bridgehead atoms. The normalized spacial score (nSPS) is 15.6. The van der Waals surface area contributed by atoms with Crippen LogP contribution in [0.1, 0.15) is 63.0 Å². The first-order chi connectivity index (χ1) is 13.8. The monoisotopic (exact) mass is 407 g/mol. The van der Waals surface area contributed by atoms with Gasteiger partial charge in [-0.1, -0.05) is 45.2 Å². The Kier molecular flexibility index (Phi) is 6.65. The third-order valence-electron chi connectivity index (χ3n) is 5.25. The molecule has 158 valence electrons. The number of benzene rings is 1. The van der Waals surface area contributed by atoms with Crippen LogP contribution in [-0.2, 0) is 6.18 Å². The van der Waals surface area contributed by atoms with Gasteiger partial charge in [-0.05, 0) is 42.4 Å². The average Bonchev–Trinajstić information content (AvgIpc) is 2.71. The van der Waals surface area contributed by atoms with E-state index in [-0.39, 0.29) is 17.7 Å². The molecule has 4 nitrogen and oxygen atoms in total. The van der Waals surface area contributed by atoms with Crippen LogP contribution >= 0.6 is 0 Å². The summed E-state index contributed by atoms with van der Waals surface area (Å²) in [4.78, 5) is 9.34. The Morgan fingerprint density at radius 3 is 2.55 bits per heavy atom. The number of hydrogen-bond donors (Lipinski definition) is 0. The summed E-state index contributed by atoms with van der Waals surface area (Å²) in [6.07, 6.45) is 2.16. The number of anilines is 2. The molecule has 0 saturated heterocycles. The Bertz CT molecular complexity index is 817. The van der Waals surface area contributed by atoms with Gasteiger partial charge in [0.05, 0.1) is 6.61 Å². The van der Waals surface area contributed by atoms with Crippen molar-refractivity contribution in [2.75, 3.05) is 18.6 Å². The zero-order chi connectivity index (χ0) is 21.0. The Balaban J connectivity index is 1.94. The second-order valence-electron chi connectivity index (χ2n) is 8.08. The molecule has 2 aromatic rings. The first-order valence-corrected chi connectivity index (χ1v) is 10.2. The highest BCUT2D eigenvalue weighted by atomic mass is 19.4. The first kappa shape index (κ1) is 21.4. The molecule has 1 aliphatic rings. The van der Waals surface area contributed by atoms with Crippen LogP contribution in [0.3, 0.4) is 0 Å². The molecule has 1 heterocycles. The van der Waals surface area contributed by atoms with Crippen molar-refractivity contribution >= 4 is 11.5 Å². The lowest BCUT2D eigenvalue weighted by Crippen LogP contribution is -2.20. The molecule has 3 rings (SSSR count). The van der Waals surface area contributed by atoms with E-state index < -0.39 is 11.7 Å². The highest BCUT2D eigenvalue weighted by molar-refractivity contribution is 5.63. The van der Waals surface area contributed by atoms with Crippen LogP contribution in [0.15, 0.2) is 30.5 Å². The molecule has 1 fully saturated rings. The van der Waals surface area contributed by atoms with E-state index in [4.69, 9.17) is 4.74 Å². The van der Waals surface area contributed by atoms with Crippen LogP contribution in [0.2, 0.25) is 0 Å². The van der Waals surface area contributed by atoms with E-state index in [2.05, 4.69) is 16.0 Å². The van der Waals surface area contributed by atoms with Gasteiger partial charge in [0.2, 0.25) is 0 Å². The zero-order valence-electron chi connectivity index (χ0n) is 17.2. The molecular weight excluding hydrogens is 379 g/mol. The Morgan fingerprint density at radius 2 is 1.90 bits per heavy atom. The van der Waals surface area contributed by atoms with Gasteiger partial charge in [0.25, 0.3) is 0 Å². The third-order valence-corrected chi connectivity index (χ3v) is 5.25. The lowest BCUT2D eigenvalue weighted by molar-refractivity contribution is -0.137. The number of nitrogens with zero attached hydrogens (tertiary/aromatic N) is 3. The van der Waals surface area contributed by atoms with Gasteiger partial charge in [-0.15, -0.1) is 0 Å². The van der Waals surface area contributed by atoms with E-state index in [1.165, 1.54) is 29.7 Å². The maximum absolute atomic E-state index is 13.6.